The van der Waals surface area contributed by atoms with Crippen molar-refractivity contribution in [3.05, 3.63) is 35.9 Å². The summed E-state index contributed by atoms with van der Waals surface area (Å²) in [7, 11) is 1.84. The summed E-state index contributed by atoms with van der Waals surface area (Å²) < 4.78 is 5.72. The molecule has 1 aliphatic carbocycles. The minimum absolute atomic E-state index is 0. The van der Waals surface area contributed by atoms with Crippen molar-refractivity contribution in [3.8, 4) is 0 Å². The number of nitrogens with zero attached hydrogens (tertiary/aromatic N) is 2. The molecule has 0 amide bonds. The summed E-state index contributed by atoms with van der Waals surface area (Å²) in [5.41, 5.74) is 1.21. The molecule has 2 fully saturated rings. The Balaban J connectivity index is 0.00000261. The van der Waals surface area contributed by atoms with Gasteiger partial charge in [-0.2, -0.15) is 0 Å². The predicted octanol–water partition coefficient (Wildman–Crippen LogP) is 3.39. The number of aliphatic imine (C=N–C) groups is 1. The third kappa shape index (κ3) is 7.58. The van der Waals surface area contributed by atoms with Gasteiger partial charge in [-0.25, -0.2) is 0 Å². The fraction of sp³-hybridized carbons (Fsp3) is 0.667. The first-order valence-corrected chi connectivity index (χ1v) is 10.2. The van der Waals surface area contributed by atoms with Gasteiger partial charge in [0.2, 0.25) is 0 Å². The Morgan fingerprint density at radius 2 is 1.81 bits per heavy atom. The van der Waals surface area contributed by atoms with Gasteiger partial charge in [-0.1, -0.05) is 43.2 Å². The fourth-order valence-corrected chi connectivity index (χ4v) is 4.07. The summed E-state index contributed by atoms with van der Waals surface area (Å²) in [5, 5.41) is 6.95. The first kappa shape index (κ1) is 22.4. The van der Waals surface area contributed by atoms with E-state index >= 15 is 0 Å². The molecule has 0 spiro atoms. The van der Waals surface area contributed by atoms with Gasteiger partial charge in [0.1, 0.15) is 0 Å². The summed E-state index contributed by atoms with van der Waals surface area (Å²) in [6.45, 7) is 4.55. The van der Waals surface area contributed by atoms with Gasteiger partial charge in [0.15, 0.2) is 5.96 Å². The molecule has 27 heavy (non-hydrogen) atoms. The van der Waals surface area contributed by atoms with Crippen molar-refractivity contribution < 1.29 is 4.74 Å². The molecule has 3 rings (SSSR count). The Labute approximate surface area is 181 Å². The van der Waals surface area contributed by atoms with Crippen LogP contribution >= 0.6 is 24.0 Å². The second-order valence-corrected chi connectivity index (χ2v) is 7.43. The Hall–Kier alpha value is -0.860. The van der Waals surface area contributed by atoms with Gasteiger partial charge in [-0.3, -0.25) is 4.99 Å². The standard InChI is InChI=1S/C21H34N4O.HI/c1-22-21(23-13-16-26-17-18-7-3-2-4-8-18)24-19-11-14-25(15-12-19)20-9-5-6-10-20;/h2-4,7-8,19-20H,5-6,9-17H2,1H3,(H2,22,23,24);1H. The van der Waals surface area contributed by atoms with Crippen LogP contribution in [0.5, 0.6) is 0 Å². The summed E-state index contributed by atoms with van der Waals surface area (Å²) in [6, 6.07) is 11.7. The Bertz CT molecular complexity index is 540. The second-order valence-electron chi connectivity index (χ2n) is 7.43. The Morgan fingerprint density at radius 3 is 2.48 bits per heavy atom. The lowest BCUT2D eigenvalue weighted by Crippen LogP contribution is -2.50. The molecule has 5 nitrogen and oxygen atoms in total. The van der Waals surface area contributed by atoms with Crippen molar-refractivity contribution >= 4 is 29.9 Å². The largest absolute Gasteiger partial charge is 0.375 e. The number of rotatable bonds is 7. The average Bonchev–Trinajstić information content (AvgIpc) is 3.23. The monoisotopic (exact) mass is 486 g/mol. The topological polar surface area (TPSA) is 48.9 Å². The highest BCUT2D eigenvalue weighted by molar-refractivity contribution is 14.0. The van der Waals surface area contributed by atoms with Gasteiger partial charge in [0.05, 0.1) is 13.2 Å². The first-order valence-electron chi connectivity index (χ1n) is 10.2. The van der Waals surface area contributed by atoms with Crippen molar-refractivity contribution in [2.45, 2.75) is 57.2 Å². The summed E-state index contributed by atoms with van der Waals surface area (Å²) in [5.74, 6) is 0.896. The fourth-order valence-electron chi connectivity index (χ4n) is 4.07. The maximum atomic E-state index is 5.72. The highest BCUT2D eigenvalue weighted by Gasteiger charge is 2.27. The van der Waals surface area contributed by atoms with Crippen molar-refractivity contribution in [2.75, 3.05) is 33.3 Å². The molecule has 0 radical (unpaired) electrons. The third-order valence-corrected chi connectivity index (χ3v) is 5.59. The van der Waals surface area contributed by atoms with Crippen LogP contribution in [0.2, 0.25) is 0 Å². The highest BCUT2D eigenvalue weighted by atomic mass is 127. The van der Waals surface area contributed by atoms with E-state index in [1.165, 1.54) is 57.2 Å². The molecule has 0 bridgehead atoms. The molecule has 152 valence electrons. The van der Waals surface area contributed by atoms with Gasteiger partial charge >= 0.3 is 0 Å². The normalized spacial score (nSPS) is 19.7. The molecule has 1 aromatic carbocycles. The molecule has 1 saturated carbocycles. The van der Waals surface area contributed by atoms with Gasteiger partial charge in [0, 0.05) is 38.8 Å². The number of halogens is 1. The van der Waals surface area contributed by atoms with Crippen LogP contribution in [0.1, 0.15) is 44.1 Å². The van der Waals surface area contributed by atoms with Crippen LogP contribution in [-0.4, -0.2) is 56.2 Å². The van der Waals surface area contributed by atoms with Crippen LogP contribution in [0.4, 0.5) is 0 Å². The SMILES string of the molecule is CN=C(NCCOCc1ccccc1)NC1CCN(C2CCCC2)CC1.I. The van der Waals surface area contributed by atoms with E-state index in [4.69, 9.17) is 4.74 Å². The van der Waals surface area contributed by atoms with E-state index in [9.17, 15) is 0 Å². The number of hydrogen-bond donors (Lipinski definition) is 2. The number of benzene rings is 1. The Morgan fingerprint density at radius 1 is 1.11 bits per heavy atom. The third-order valence-electron chi connectivity index (χ3n) is 5.59. The molecule has 1 saturated heterocycles. The molecule has 2 N–H and O–H groups in total. The molecule has 0 atom stereocenters. The molecular formula is C21H35IN4O. The van der Waals surface area contributed by atoms with Crippen LogP contribution < -0.4 is 10.6 Å². The lowest BCUT2D eigenvalue weighted by molar-refractivity contribution is 0.125. The maximum Gasteiger partial charge on any atom is 0.191 e. The molecule has 2 aliphatic rings. The van der Waals surface area contributed by atoms with E-state index in [0.717, 1.165) is 18.5 Å². The number of likely N-dealkylation sites (tertiary alicyclic amines) is 1. The molecule has 0 unspecified atom stereocenters. The van der Waals surface area contributed by atoms with E-state index in [1.54, 1.807) is 0 Å². The van der Waals surface area contributed by atoms with E-state index < -0.39 is 0 Å². The van der Waals surface area contributed by atoms with E-state index in [2.05, 4.69) is 32.7 Å². The maximum absolute atomic E-state index is 5.72. The van der Waals surface area contributed by atoms with Crippen LogP contribution in [-0.2, 0) is 11.3 Å². The van der Waals surface area contributed by atoms with Gasteiger partial charge in [-0.15, -0.1) is 24.0 Å². The second kappa shape index (κ2) is 12.6. The smallest absolute Gasteiger partial charge is 0.191 e. The first-order chi connectivity index (χ1) is 12.8. The number of ether oxygens (including phenoxy) is 1. The molecule has 1 heterocycles. The summed E-state index contributed by atoms with van der Waals surface area (Å²) in [4.78, 5) is 7.07. The summed E-state index contributed by atoms with van der Waals surface area (Å²) in [6.07, 6.45) is 8.08. The quantitative estimate of drug-likeness (QED) is 0.269. The van der Waals surface area contributed by atoms with E-state index in [1.807, 2.05) is 25.2 Å². The van der Waals surface area contributed by atoms with Gasteiger partial charge in [0.25, 0.3) is 0 Å². The lowest BCUT2D eigenvalue weighted by atomic mass is 10.0. The van der Waals surface area contributed by atoms with Crippen LogP contribution in [0.15, 0.2) is 35.3 Å². The van der Waals surface area contributed by atoms with Crippen molar-refractivity contribution in [1.82, 2.24) is 15.5 Å². The number of guanidine groups is 1. The minimum atomic E-state index is 0. The highest BCUT2D eigenvalue weighted by Crippen LogP contribution is 2.26. The predicted molar refractivity (Wildman–Crippen MR) is 123 cm³/mol. The zero-order valence-corrected chi connectivity index (χ0v) is 18.9. The van der Waals surface area contributed by atoms with E-state index in [-0.39, 0.29) is 24.0 Å². The van der Waals surface area contributed by atoms with Crippen molar-refractivity contribution in [1.29, 1.82) is 0 Å². The van der Waals surface area contributed by atoms with Crippen molar-refractivity contribution in [3.63, 3.8) is 0 Å². The molecule has 6 heteroatoms. The zero-order valence-electron chi connectivity index (χ0n) is 16.5. The minimum Gasteiger partial charge on any atom is -0.375 e. The average molecular weight is 486 g/mol. The molecular weight excluding hydrogens is 451 g/mol. The molecule has 1 aromatic rings. The number of nitrogens with one attached hydrogen (secondary N) is 2. The zero-order chi connectivity index (χ0) is 18.0. The van der Waals surface area contributed by atoms with Crippen molar-refractivity contribution in [2.24, 2.45) is 4.99 Å². The van der Waals surface area contributed by atoms with Crippen LogP contribution in [0, 0.1) is 0 Å². The summed E-state index contributed by atoms with van der Waals surface area (Å²) >= 11 is 0. The number of piperidine rings is 1. The van der Waals surface area contributed by atoms with Crippen LogP contribution in [0.25, 0.3) is 0 Å². The van der Waals surface area contributed by atoms with Gasteiger partial charge < -0.3 is 20.3 Å². The van der Waals surface area contributed by atoms with Gasteiger partial charge in [-0.05, 0) is 31.2 Å². The Kier molecular flexibility index (Phi) is 10.4. The van der Waals surface area contributed by atoms with E-state index in [0.29, 0.717) is 19.3 Å². The van der Waals surface area contributed by atoms with Crippen LogP contribution in [0.3, 0.4) is 0 Å². The molecule has 1 aliphatic heterocycles. The lowest BCUT2D eigenvalue weighted by Gasteiger charge is -2.36. The molecule has 0 aromatic heterocycles. The number of hydrogen-bond acceptors (Lipinski definition) is 3.